The van der Waals surface area contributed by atoms with Gasteiger partial charge in [-0.1, -0.05) is 61.5 Å². The Morgan fingerprint density at radius 3 is 2.23 bits per heavy atom. The first-order valence-electron chi connectivity index (χ1n) is 12.9. The number of allylic oxidation sites excluding steroid dienone is 1. The summed E-state index contributed by atoms with van der Waals surface area (Å²) in [5, 5.41) is 14.3. The number of nitrogens with zero attached hydrogens (tertiary/aromatic N) is 3. The molecule has 4 rings (SSSR count). The summed E-state index contributed by atoms with van der Waals surface area (Å²) in [6.07, 6.45) is 2.78. The summed E-state index contributed by atoms with van der Waals surface area (Å²) in [5.41, 5.74) is 2.90. The van der Waals surface area contributed by atoms with Crippen molar-refractivity contribution in [3.63, 3.8) is 0 Å². The van der Waals surface area contributed by atoms with Crippen LogP contribution in [-0.2, 0) is 11.3 Å². The van der Waals surface area contributed by atoms with Gasteiger partial charge in [0.2, 0.25) is 0 Å². The van der Waals surface area contributed by atoms with Gasteiger partial charge in [0, 0.05) is 53.4 Å². The number of likely N-dealkylation sites (tertiary alicyclic amines) is 1. The lowest BCUT2D eigenvalue weighted by Gasteiger charge is -2.27. The van der Waals surface area contributed by atoms with Crippen molar-refractivity contribution < 1.29 is 19.2 Å². The van der Waals surface area contributed by atoms with E-state index < -0.39 is 4.92 Å². The summed E-state index contributed by atoms with van der Waals surface area (Å²) in [5.74, 6) is -0.531. The van der Waals surface area contributed by atoms with Crippen LogP contribution in [0.25, 0.3) is 6.08 Å². The summed E-state index contributed by atoms with van der Waals surface area (Å²) in [6.45, 7) is 6.77. The van der Waals surface area contributed by atoms with Gasteiger partial charge in [0.05, 0.1) is 17.6 Å². The highest BCUT2D eigenvalue weighted by Crippen LogP contribution is 2.28. The molecule has 0 aliphatic carbocycles. The van der Waals surface area contributed by atoms with Crippen LogP contribution in [0.3, 0.4) is 0 Å². The number of carbonyl (C=O) groups excluding carboxylic acids is 2. The summed E-state index contributed by atoms with van der Waals surface area (Å²) in [4.78, 5) is 37.1. The number of nitro benzene ring substituents is 1. The first kappa shape index (κ1) is 35.6. The molecule has 0 N–H and O–H groups in total. The number of halogens is 2. The number of non-ortho nitro benzene ring substituents is 1. The molecule has 11 heteroatoms. The van der Waals surface area contributed by atoms with Gasteiger partial charge in [-0.3, -0.25) is 14.9 Å². The maximum atomic E-state index is 13.1. The van der Waals surface area contributed by atoms with Gasteiger partial charge in [0.25, 0.3) is 11.6 Å². The third-order valence-corrected chi connectivity index (χ3v) is 7.43. The molecule has 1 atom stereocenters. The van der Waals surface area contributed by atoms with Crippen molar-refractivity contribution in [1.82, 2.24) is 9.21 Å². The average Bonchev–Trinajstić information content (AvgIpc) is 3.47. The smallest absolute Gasteiger partial charge is 0.337 e. The lowest BCUT2D eigenvalue weighted by atomic mass is 10.1. The highest BCUT2D eigenvalue weighted by atomic mass is 35.5. The van der Waals surface area contributed by atoms with Crippen LogP contribution in [0, 0.1) is 10.1 Å². The lowest BCUT2D eigenvalue weighted by Crippen LogP contribution is -2.34. The fourth-order valence-electron chi connectivity index (χ4n) is 4.13. The quantitative estimate of drug-likeness (QED) is 0.0999. The Morgan fingerprint density at radius 2 is 1.67 bits per heavy atom. The van der Waals surface area contributed by atoms with E-state index in [-0.39, 0.29) is 31.0 Å². The van der Waals surface area contributed by atoms with Crippen LogP contribution in [0.2, 0.25) is 5.02 Å². The number of rotatable bonds is 9. The standard InChI is InChI=1S/C28H26ClN3O5S.C3H5Cl.CH4/c1-37-28(34)23-6-2-21(3-7-23)18-31(38-17-15-20-4-10-24(29)11-5-20)26-14-16-30(19-26)27(33)22-8-12-25(13-9-22)32(35)36;1-3(2)4;/h2-13,15,17,26H,14,16,18-19H2,1H3;1H2,2H3;1H4/b17-15+;;. The summed E-state index contributed by atoms with van der Waals surface area (Å²) in [7, 11) is 1.35. The Labute approximate surface area is 267 Å². The van der Waals surface area contributed by atoms with Gasteiger partial charge in [-0.25, -0.2) is 9.10 Å². The number of amides is 1. The summed E-state index contributed by atoms with van der Waals surface area (Å²) < 4.78 is 7.01. The average molecular weight is 645 g/mol. The number of ether oxygens (including phenoxy) is 1. The molecule has 3 aromatic rings. The van der Waals surface area contributed by atoms with Crippen molar-refractivity contribution in [2.75, 3.05) is 20.2 Å². The number of hydrogen-bond acceptors (Lipinski definition) is 7. The first-order chi connectivity index (χ1) is 20.1. The normalized spacial score (nSPS) is 14.1. The maximum Gasteiger partial charge on any atom is 0.337 e. The van der Waals surface area contributed by atoms with Crippen LogP contribution >= 0.6 is 35.1 Å². The fourth-order valence-corrected chi connectivity index (χ4v) is 5.20. The number of hydrogen-bond donors (Lipinski definition) is 0. The van der Waals surface area contributed by atoms with Crippen LogP contribution in [-0.4, -0.2) is 52.2 Å². The molecule has 3 aromatic carbocycles. The van der Waals surface area contributed by atoms with Crippen LogP contribution < -0.4 is 0 Å². The molecule has 1 aliphatic heterocycles. The zero-order chi connectivity index (χ0) is 30.6. The predicted molar refractivity (Wildman–Crippen MR) is 176 cm³/mol. The molecule has 8 nitrogen and oxygen atoms in total. The van der Waals surface area contributed by atoms with Crippen LogP contribution in [0.5, 0.6) is 0 Å². The van der Waals surface area contributed by atoms with E-state index in [1.54, 1.807) is 35.9 Å². The molecule has 1 heterocycles. The Balaban J connectivity index is 0.00000121. The van der Waals surface area contributed by atoms with Gasteiger partial charge in [-0.15, -0.1) is 0 Å². The van der Waals surface area contributed by atoms with E-state index >= 15 is 0 Å². The Kier molecular flexibility index (Phi) is 14.5. The lowest BCUT2D eigenvalue weighted by molar-refractivity contribution is -0.384. The third kappa shape index (κ3) is 11.2. The van der Waals surface area contributed by atoms with Gasteiger partial charge < -0.3 is 9.64 Å². The molecule has 1 saturated heterocycles. The van der Waals surface area contributed by atoms with Gasteiger partial charge >= 0.3 is 5.97 Å². The van der Waals surface area contributed by atoms with Crippen molar-refractivity contribution in [2.45, 2.75) is 33.4 Å². The molecular formula is C32H35Cl2N3O5S. The van der Waals surface area contributed by atoms with Crippen molar-refractivity contribution in [3.8, 4) is 0 Å². The second-order valence-corrected chi connectivity index (χ2v) is 11.4. The highest BCUT2D eigenvalue weighted by Gasteiger charge is 2.31. The van der Waals surface area contributed by atoms with Crippen LogP contribution in [0.4, 0.5) is 5.69 Å². The van der Waals surface area contributed by atoms with E-state index in [0.29, 0.717) is 40.8 Å². The van der Waals surface area contributed by atoms with Gasteiger partial charge in [-0.2, -0.15) is 0 Å². The third-order valence-electron chi connectivity index (χ3n) is 6.22. The molecule has 43 heavy (non-hydrogen) atoms. The molecule has 228 valence electrons. The van der Waals surface area contributed by atoms with Crippen LogP contribution in [0.1, 0.15) is 52.6 Å². The fraction of sp³-hybridized carbons (Fsp3) is 0.250. The maximum absolute atomic E-state index is 13.1. The predicted octanol–water partition coefficient (Wildman–Crippen LogP) is 8.47. The Bertz CT molecular complexity index is 1410. The topological polar surface area (TPSA) is 93.0 Å². The molecule has 1 amide bonds. The molecule has 0 radical (unpaired) electrons. The minimum absolute atomic E-state index is 0. The SMILES string of the molecule is C.C=C(C)Cl.COC(=O)c1ccc(CN(S/C=C/c2ccc(Cl)cc2)C2CCN(C(=O)c3ccc([N+](=O)[O-])cc3)C2)cc1. The number of methoxy groups -OCH3 is 1. The van der Waals surface area contributed by atoms with E-state index in [4.69, 9.17) is 27.9 Å². The van der Waals surface area contributed by atoms with E-state index in [2.05, 4.69) is 10.9 Å². The largest absolute Gasteiger partial charge is 0.465 e. The number of nitro groups is 1. The van der Waals surface area contributed by atoms with Crippen molar-refractivity contribution in [1.29, 1.82) is 0 Å². The van der Waals surface area contributed by atoms with Crippen molar-refractivity contribution in [2.24, 2.45) is 0 Å². The second kappa shape index (κ2) is 17.5. The molecule has 1 unspecified atom stereocenters. The van der Waals surface area contributed by atoms with Gasteiger partial charge in [-0.05, 0) is 84.3 Å². The molecule has 1 aliphatic rings. The molecule has 0 bridgehead atoms. The summed E-state index contributed by atoms with van der Waals surface area (Å²) >= 11 is 12.6. The van der Waals surface area contributed by atoms with Gasteiger partial charge in [0.15, 0.2) is 0 Å². The molecule has 0 aromatic heterocycles. The highest BCUT2D eigenvalue weighted by molar-refractivity contribution is 8.00. The second-order valence-electron chi connectivity index (χ2n) is 9.40. The first-order valence-corrected chi connectivity index (χ1v) is 14.5. The van der Waals surface area contributed by atoms with Gasteiger partial charge in [0.1, 0.15) is 0 Å². The number of esters is 1. The zero-order valence-electron chi connectivity index (χ0n) is 23.2. The van der Waals surface area contributed by atoms with Crippen molar-refractivity contribution in [3.05, 3.63) is 127 Å². The van der Waals surface area contributed by atoms with E-state index in [1.165, 1.54) is 31.4 Å². The zero-order valence-corrected chi connectivity index (χ0v) is 25.6. The number of carbonyl (C=O) groups is 2. The van der Waals surface area contributed by atoms with E-state index in [9.17, 15) is 19.7 Å². The number of benzene rings is 3. The summed E-state index contributed by atoms with van der Waals surface area (Å²) in [6, 6.07) is 20.6. The van der Waals surface area contributed by atoms with E-state index in [1.807, 2.05) is 47.9 Å². The van der Waals surface area contributed by atoms with Crippen molar-refractivity contribution >= 4 is 58.8 Å². The minimum Gasteiger partial charge on any atom is -0.465 e. The molecule has 0 spiro atoms. The Hall–Kier alpha value is -3.63. The minimum atomic E-state index is -0.482. The van der Waals surface area contributed by atoms with E-state index in [0.717, 1.165) is 17.5 Å². The molecular weight excluding hydrogens is 609 g/mol. The van der Waals surface area contributed by atoms with Crippen LogP contribution in [0.15, 0.2) is 89.8 Å². The molecule has 1 fully saturated rings. The molecule has 0 saturated carbocycles. The monoisotopic (exact) mass is 643 g/mol. The Morgan fingerprint density at radius 1 is 1.09 bits per heavy atom.